The van der Waals surface area contributed by atoms with Gasteiger partial charge in [0.1, 0.15) is 12.1 Å². The number of nitrogens with one attached hydrogen (secondary N) is 1. The highest BCUT2D eigenvalue weighted by molar-refractivity contribution is 5.98. The van der Waals surface area contributed by atoms with Crippen LogP contribution >= 0.6 is 0 Å². The maximum atomic E-state index is 13.8. The second kappa shape index (κ2) is 9.97. The van der Waals surface area contributed by atoms with Gasteiger partial charge in [-0.05, 0) is 61.1 Å². The Labute approximate surface area is 223 Å². The van der Waals surface area contributed by atoms with Gasteiger partial charge in [0.05, 0.1) is 6.67 Å². The SMILES string of the molecule is O=C(CN1CN(c2ccccc2)C2(CCN(C(=O)c3ccc(-c4ccccc4)cc3)CC2)C1=O)NC1CC1. The average molecular weight is 509 g/mol. The number of benzene rings is 3. The van der Waals surface area contributed by atoms with Gasteiger partial charge >= 0.3 is 0 Å². The van der Waals surface area contributed by atoms with Gasteiger partial charge < -0.3 is 20.0 Å². The number of hydrogen-bond acceptors (Lipinski definition) is 4. The zero-order chi connectivity index (χ0) is 26.1. The van der Waals surface area contributed by atoms with E-state index >= 15 is 0 Å². The molecule has 2 aliphatic heterocycles. The highest BCUT2D eigenvalue weighted by atomic mass is 16.2. The van der Waals surface area contributed by atoms with Crippen LogP contribution in [0.2, 0.25) is 0 Å². The van der Waals surface area contributed by atoms with Gasteiger partial charge in [0, 0.05) is 30.4 Å². The van der Waals surface area contributed by atoms with Gasteiger partial charge in [0.15, 0.2) is 0 Å². The van der Waals surface area contributed by atoms with Crippen molar-refractivity contribution in [2.45, 2.75) is 37.3 Å². The minimum absolute atomic E-state index is 0.0168. The van der Waals surface area contributed by atoms with Gasteiger partial charge in [-0.15, -0.1) is 0 Å². The number of anilines is 1. The van der Waals surface area contributed by atoms with Crippen LogP contribution in [0.25, 0.3) is 11.1 Å². The third kappa shape index (κ3) is 4.64. The van der Waals surface area contributed by atoms with Crippen LogP contribution in [-0.2, 0) is 9.59 Å². The van der Waals surface area contributed by atoms with Gasteiger partial charge in [-0.25, -0.2) is 0 Å². The summed E-state index contributed by atoms with van der Waals surface area (Å²) in [7, 11) is 0. The van der Waals surface area contributed by atoms with E-state index in [0.717, 1.165) is 29.7 Å². The molecular formula is C31H32N4O3. The Morgan fingerprint density at radius 2 is 1.42 bits per heavy atom. The summed E-state index contributed by atoms with van der Waals surface area (Å²) in [5, 5.41) is 3.00. The number of piperidine rings is 1. The van der Waals surface area contributed by atoms with E-state index in [1.807, 2.05) is 77.7 Å². The summed E-state index contributed by atoms with van der Waals surface area (Å²) in [5.41, 5.74) is 3.04. The molecule has 6 rings (SSSR count). The lowest BCUT2D eigenvalue weighted by Gasteiger charge is -2.43. The zero-order valence-corrected chi connectivity index (χ0v) is 21.4. The molecular weight excluding hydrogens is 476 g/mol. The largest absolute Gasteiger partial charge is 0.352 e. The monoisotopic (exact) mass is 508 g/mol. The predicted molar refractivity (Wildman–Crippen MR) is 146 cm³/mol. The third-order valence-electron chi connectivity index (χ3n) is 7.98. The molecule has 1 aliphatic carbocycles. The molecule has 2 saturated heterocycles. The van der Waals surface area contributed by atoms with Crippen LogP contribution in [0, 0.1) is 0 Å². The summed E-state index contributed by atoms with van der Waals surface area (Å²) >= 11 is 0. The molecule has 3 aromatic carbocycles. The van der Waals surface area contributed by atoms with Crippen LogP contribution in [0.3, 0.4) is 0 Å². The van der Waals surface area contributed by atoms with Crippen molar-refractivity contribution in [2.75, 3.05) is 31.2 Å². The molecule has 3 amide bonds. The molecule has 1 saturated carbocycles. The van der Waals surface area contributed by atoms with Crippen molar-refractivity contribution in [3.63, 3.8) is 0 Å². The van der Waals surface area contributed by atoms with Crippen molar-refractivity contribution >= 4 is 23.4 Å². The Hall–Kier alpha value is -4.13. The van der Waals surface area contributed by atoms with E-state index < -0.39 is 5.54 Å². The summed E-state index contributed by atoms with van der Waals surface area (Å²) in [6.45, 7) is 1.40. The van der Waals surface area contributed by atoms with Gasteiger partial charge in [-0.2, -0.15) is 0 Å². The molecule has 0 bridgehead atoms. The second-order valence-corrected chi connectivity index (χ2v) is 10.5. The van der Waals surface area contributed by atoms with Gasteiger partial charge in [0.25, 0.3) is 11.8 Å². The minimum atomic E-state index is -0.755. The number of amides is 3. The van der Waals surface area contributed by atoms with E-state index in [-0.39, 0.29) is 30.3 Å². The van der Waals surface area contributed by atoms with E-state index in [1.54, 1.807) is 4.90 Å². The van der Waals surface area contributed by atoms with Crippen molar-refractivity contribution in [3.8, 4) is 11.1 Å². The van der Waals surface area contributed by atoms with E-state index in [4.69, 9.17) is 0 Å². The molecule has 1 spiro atoms. The van der Waals surface area contributed by atoms with Crippen LogP contribution in [0.4, 0.5) is 5.69 Å². The summed E-state index contributed by atoms with van der Waals surface area (Å²) in [6.07, 6.45) is 3.07. The van der Waals surface area contributed by atoms with Crippen molar-refractivity contribution in [1.82, 2.24) is 15.1 Å². The highest BCUT2D eigenvalue weighted by Gasteiger charge is 2.54. The first kappa shape index (κ1) is 24.2. The molecule has 7 heteroatoms. The first-order valence-corrected chi connectivity index (χ1v) is 13.4. The molecule has 38 heavy (non-hydrogen) atoms. The minimum Gasteiger partial charge on any atom is -0.352 e. The van der Waals surface area contributed by atoms with Crippen molar-refractivity contribution in [1.29, 1.82) is 0 Å². The molecule has 0 unspecified atom stereocenters. The maximum Gasteiger partial charge on any atom is 0.253 e. The molecule has 2 heterocycles. The Balaban J connectivity index is 1.17. The Bertz CT molecular complexity index is 1310. The van der Waals surface area contributed by atoms with Gasteiger partial charge in [0.2, 0.25) is 5.91 Å². The average Bonchev–Trinajstić information content (AvgIpc) is 3.75. The lowest BCUT2D eigenvalue weighted by atomic mass is 9.85. The maximum absolute atomic E-state index is 13.8. The number of carbonyl (C=O) groups is 3. The van der Waals surface area contributed by atoms with Crippen molar-refractivity contribution < 1.29 is 14.4 Å². The fourth-order valence-electron chi connectivity index (χ4n) is 5.69. The number of para-hydroxylation sites is 1. The van der Waals surface area contributed by atoms with E-state index in [9.17, 15) is 14.4 Å². The van der Waals surface area contributed by atoms with Crippen molar-refractivity contribution in [2.24, 2.45) is 0 Å². The molecule has 194 valence electrons. The van der Waals surface area contributed by atoms with Crippen LogP contribution in [-0.4, -0.2) is 65.4 Å². The van der Waals surface area contributed by atoms with Gasteiger partial charge in [-0.1, -0.05) is 60.7 Å². The van der Waals surface area contributed by atoms with Crippen LogP contribution < -0.4 is 10.2 Å². The molecule has 7 nitrogen and oxygen atoms in total. The second-order valence-electron chi connectivity index (χ2n) is 10.5. The predicted octanol–water partition coefficient (Wildman–Crippen LogP) is 3.91. The van der Waals surface area contributed by atoms with E-state index in [0.29, 0.717) is 38.2 Å². The number of carbonyl (C=O) groups excluding carboxylic acids is 3. The molecule has 3 aromatic rings. The van der Waals surface area contributed by atoms with E-state index in [2.05, 4.69) is 22.3 Å². The molecule has 0 atom stereocenters. The standard InChI is InChI=1S/C31H32N4O3/c36-28(32-26-15-16-26)21-34-22-35(27-9-5-2-6-10-27)31(30(34)38)17-19-33(20-18-31)29(37)25-13-11-24(12-14-25)23-7-3-1-4-8-23/h1-14,26H,15-22H2,(H,32,36). The molecule has 1 N–H and O–H groups in total. The number of nitrogens with zero attached hydrogens (tertiary/aromatic N) is 3. The van der Waals surface area contributed by atoms with E-state index in [1.165, 1.54) is 0 Å². The number of likely N-dealkylation sites (tertiary alicyclic amines) is 1. The molecule has 0 radical (unpaired) electrons. The third-order valence-corrected chi connectivity index (χ3v) is 7.98. The smallest absolute Gasteiger partial charge is 0.253 e. The Morgan fingerprint density at radius 3 is 2.05 bits per heavy atom. The lowest BCUT2D eigenvalue weighted by Crippen LogP contribution is -2.57. The number of rotatable bonds is 6. The summed E-state index contributed by atoms with van der Waals surface area (Å²) in [5.74, 6) is -0.138. The zero-order valence-electron chi connectivity index (χ0n) is 21.4. The first-order valence-electron chi connectivity index (χ1n) is 13.4. The Kier molecular flexibility index (Phi) is 6.35. The normalized spacial score (nSPS) is 18.6. The van der Waals surface area contributed by atoms with Gasteiger partial charge in [-0.3, -0.25) is 14.4 Å². The van der Waals surface area contributed by atoms with Crippen LogP contribution in [0.5, 0.6) is 0 Å². The Morgan fingerprint density at radius 1 is 0.816 bits per heavy atom. The van der Waals surface area contributed by atoms with Crippen LogP contribution in [0.15, 0.2) is 84.9 Å². The topological polar surface area (TPSA) is 73.0 Å². The van der Waals surface area contributed by atoms with Crippen LogP contribution in [0.1, 0.15) is 36.0 Å². The molecule has 3 fully saturated rings. The fourth-order valence-corrected chi connectivity index (χ4v) is 5.69. The molecule has 0 aromatic heterocycles. The summed E-state index contributed by atoms with van der Waals surface area (Å²) in [4.78, 5) is 45.4. The summed E-state index contributed by atoms with van der Waals surface area (Å²) in [6, 6.07) is 28.0. The number of hydrogen-bond donors (Lipinski definition) is 1. The van der Waals surface area contributed by atoms with Crippen molar-refractivity contribution in [3.05, 3.63) is 90.5 Å². The molecule has 3 aliphatic rings. The summed E-state index contributed by atoms with van der Waals surface area (Å²) < 4.78 is 0. The fraction of sp³-hybridized carbons (Fsp3) is 0.323. The lowest BCUT2D eigenvalue weighted by molar-refractivity contribution is -0.137. The first-order chi connectivity index (χ1) is 18.5. The quantitative estimate of drug-likeness (QED) is 0.548. The highest BCUT2D eigenvalue weighted by Crippen LogP contribution is 2.39.